The highest BCUT2D eigenvalue weighted by molar-refractivity contribution is 6.23. The first-order valence-electron chi connectivity index (χ1n) is 6.99. The Morgan fingerprint density at radius 3 is 2.26 bits per heavy atom. The monoisotopic (exact) mass is 320 g/mol. The summed E-state index contributed by atoms with van der Waals surface area (Å²) in [6, 6.07) is 11.2. The van der Waals surface area contributed by atoms with Crippen molar-refractivity contribution in [1.82, 2.24) is 4.98 Å². The van der Waals surface area contributed by atoms with Gasteiger partial charge in [0.2, 0.25) is 0 Å². The Hall–Kier alpha value is -2.63. The summed E-state index contributed by atoms with van der Waals surface area (Å²) in [4.78, 5) is 17.3. The number of rotatable bonds is 5. The Morgan fingerprint density at radius 1 is 1.13 bits per heavy atom. The zero-order valence-corrected chi connectivity index (χ0v) is 12.4. The molecule has 0 saturated heterocycles. The first-order valence-corrected chi connectivity index (χ1v) is 6.99. The fourth-order valence-corrected chi connectivity index (χ4v) is 2.07. The number of alkyl halides is 3. The molecule has 0 unspecified atom stereocenters. The van der Waals surface area contributed by atoms with Gasteiger partial charge in [-0.25, -0.2) is 0 Å². The zero-order chi connectivity index (χ0) is 16.9. The Balaban J connectivity index is 2.50. The predicted molar refractivity (Wildman–Crippen MR) is 82.7 cm³/mol. The van der Waals surface area contributed by atoms with Crippen molar-refractivity contribution in [2.45, 2.75) is 13.1 Å². The van der Waals surface area contributed by atoms with E-state index in [0.717, 1.165) is 0 Å². The van der Waals surface area contributed by atoms with Crippen molar-refractivity contribution < 1.29 is 18.0 Å². The molecular weight excluding hydrogens is 305 g/mol. The molecule has 0 saturated carbocycles. The van der Waals surface area contributed by atoms with Crippen LogP contribution in [0.3, 0.4) is 0 Å². The number of allylic oxidation sites excluding steroid dienone is 1. The SMILES string of the molecule is CCN(/C=C(\C(=O)C(F)(F)F)c1ccccc1)c1ccncc1. The van der Waals surface area contributed by atoms with Crippen LogP contribution < -0.4 is 4.90 Å². The topological polar surface area (TPSA) is 33.2 Å². The van der Waals surface area contributed by atoms with E-state index in [0.29, 0.717) is 12.2 Å². The molecule has 1 aromatic heterocycles. The number of nitrogens with zero attached hydrogens (tertiary/aromatic N) is 2. The lowest BCUT2D eigenvalue weighted by molar-refractivity contribution is -0.164. The highest BCUT2D eigenvalue weighted by Crippen LogP contribution is 2.28. The van der Waals surface area contributed by atoms with Gasteiger partial charge in [0.1, 0.15) is 0 Å². The number of pyridine rings is 1. The molecule has 6 heteroatoms. The first kappa shape index (κ1) is 16.7. The number of hydrogen-bond acceptors (Lipinski definition) is 3. The molecule has 2 rings (SSSR count). The molecule has 0 N–H and O–H groups in total. The highest BCUT2D eigenvalue weighted by atomic mass is 19.4. The second kappa shape index (κ2) is 7.09. The van der Waals surface area contributed by atoms with Crippen LogP contribution in [-0.4, -0.2) is 23.5 Å². The van der Waals surface area contributed by atoms with Crippen molar-refractivity contribution in [2.24, 2.45) is 0 Å². The predicted octanol–water partition coefficient (Wildman–Crippen LogP) is 4.08. The summed E-state index contributed by atoms with van der Waals surface area (Å²) in [6.45, 7) is 2.20. The molecule has 120 valence electrons. The average Bonchev–Trinajstić information content (AvgIpc) is 2.56. The number of aromatic nitrogens is 1. The molecule has 0 aliphatic rings. The van der Waals surface area contributed by atoms with Crippen LogP contribution in [0.5, 0.6) is 0 Å². The highest BCUT2D eigenvalue weighted by Gasteiger charge is 2.41. The number of halogens is 3. The molecule has 1 aromatic carbocycles. The van der Waals surface area contributed by atoms with Crippen molar-refractivity contribution in [1.29, 1.82) is 0 Å². The number of carbonyl (C=O) groups is 1. The lowest BCUT2D eigenvalue weighted by atomic mass is 10.0. The summed E-state index contributed by atoms with van der Waals surface area (Å²) in [7, 11) is 0. The van der Waals surface area contributed by atoms with Gasteiger partial charge < -0.3 is 4.90 Å². The maximum Gasteiger partial charge on any atom is 0.454 e. The standard InChI is InChI=1S/C17H15F3N2O/c1-2-22(14-8-10-21-11-9-14)12-15(16(23)17(18,19)20)13-6-4-3-5-7-13/h3-12H,2H2,1H3/b15-12-. The molecule has 1 heterocycles. The lowest BCUT2D eigenvalue weighted by Crippen LogP contribution is -2.26. The quantitative estimate of drug-likeness (QED) is 0.778. The normalized spacial score (nSPS) is 12.1. The lowest BCUT2D eigenvalue weighted by Gasteiger charge is -2.20. The average molecular weight is 320 g/mol. The number of ketones is 1. The smallest absolute Gasteiger partial charge is 0.347 e. The zero-order valence-electron chi connectivity index (χ0n) is 12.4. The second-order valence-corrected chi connectivity index (χ2v) is 4.73. The molecule has 0 aliphatic heterocycles. The van der Waals surface area contributed by atoms with Crippen molar-refractivity contribution in [3.8, 4) is 0 Å². The van der Waals surface area contributed by atoms with E-state index >= 15 is 0 Å². The Kier molecular flexibility index (Phi) is 5.16. The molecule has 0 atom stereocenters. The van der Waals surface area contributed by atoms with Crippen molar-refractivity contribution >= 4 is 17.0 Å². The number of hydrogen-bond donors (Lipinski definition) is 0. The summed E-state index contributed by atoms with van der Waals surface area (Å²) in [6.07, 6.45) is -0.612. The van der Waals surface area contributed by atoms with E-state index in [2.05, 4.69) is 4.98 Å². The van der Waals surface area contributed by atoms with Gasteiger partial charge in [-0.3, -0.25) is 9.78 Å². The molecule has 0 spiro atoms. The number of Topliss-reactive ketones (excluding diaryl/α,β-unsaturated/α-hetero) is 1. The molecule has 23 heavy (non-hydrogen) atoms. The van der Waals surface area contributed by atoms with Crippen LogP contribution >= 0.6 is 0 Å². The first-order chi connectivity index (χ1) is 10.9. The van der Waals surface area contributed by atoms with Crippen LogP contribution in [0, 0.1) is 0 Å². The third-order valence-corrected chi connectivity index (χ3v) is 3.21. The van der Waals surface area contributed by atoms with E-state index in [9.17, 15) is 18.0 Å². The Bertz CT molecular complexity index is 682. The van der Waals surface area contributed by atoms with Crippen LogP contribution in [0.25, 0.3) is 5.57 Å². The van der Waals surface area contributed by atoms with Crippen LogP contribution in [0.1, 0.15) is 12.5 Å². The largest absolute Gasteiger partial charge is 0.454 e. The Labute approximate surface area is 132 Å². The van der Waals surface area contributed by atoms with Gasteiger partial charge in [-0.2, -0.15) is 13.2 Å². The van der Waals surface area contributed by atoms with Crippen LogP contribution in [0.15, 0.2) is 61.1 Å². The van der Waals surface area contributed by atoms with Crippen molar-refractivity contribution in [2.75, 3.05) is 11.4 Å². The van der Waals surface area contributed by atoms with Crippen LogP contribution in [-0.2, 0) is 4.79 Å². The van der Waals surface area contributed by atoms with Crippen molar-refractivity contribution in [3.05, 3.63) is 66.6 Å². The Morgan fingerprint density at radius 2 is 1.74 bits per heavy atom. The van der Waals surface area contributed by atoms with Gasteiger partial charge in [-0.1, -0.05) is 30.3 Å². The van der Waals surface area contributed by atoms with Gasteiger partial charge in [-0.05, 0) is 24.6 Å². The van der Waals surface area contributed by atoms with Gasteiger partial charge in [0, 0.05) is 30.8 Å². The summed E-state index contributed by atoms with van der Waals surface area (Å²) in [5.74, 6) is -1.86. The fraction of sp³-hybridized carbons (Fsp3) is 0.176. The van der Waals surface area contributed by atoms with E-state index in [1.807, 2.05) is 0 Å². The van der Waals surface area contributed by atoms with Gasteiger partial charge in [0.25, 0.3) is 5.78 Å². The number of anilines is 1. The van der Waals surface area contributed by atoms with Crippen molar-refractivity contribution in [3.63, 3.8) is 0 Å². The summed E-state index contributed by atoms with van der Waals surface area (Å²) in [5.41, 5.74) is 0.491. The van der Waals surface area contributed by atoms with E-state index < -0.39 is 17.5 Å². The molecule has 2 aromatic rings. The van der Waals surface area contributed by atoms with E-state index in [4.69, 9.17) is 0 Å². The minimum absolute atomic E-state index is 0.224. The fourth-order valence-electron chi connectivity index (χ4n) is 2.07. The van der Waals surface area contributed by atoms with Gasteiger partial charge in [-0.15, -0.1) is 0 Å². The third-order valence-electron chi connectivity index (χ3n) is 3.21. The summed E-state index contributed by atoms with van der Waals surface area (Å²) >= 11 is 0. The number of benzene rings is 1. The molecule has 0 amide bonds. The molecule has 0 bridgehead atoms. The van der Waals surface area contributed by atoms with Gasteiger partial charge in [0.05, 0.1) is 5.57 Å². The minimum Gasteiger partial charge on any atom is -0.347 e. The maximum atomic E-state index is 12.9. The molecule has 0 radical (unpaired) electrons. The molecular formula is C17H15F3N2O. The summed E-state index contributed by atoms with van der Waals surface area (Å²) in [5, 5.41) is 0. The van der Waals surface area contributed by atoms with E-state index in [1.54, 1.807) is 54.5 Å². The molecule has 3 nitrogen and oxygen atoms in total. The van der Waals surface area contributed by atoms with Gasteiger partial charge >= 0.3 is 6.18 Å². The minimum atomic E-state index is -4.93. The second-order valence-electron chi connectivity index (χ2n) is 4.73. The summed E-state index contributed by atoms with van der Waals surface area (Å²) < 4.78 is 38.8. The van der Waals surface area contributed by atoms with Crippen LogP contribution in [0.2, 0.25) is 0 Å². The van der Waals surface area contributed by atoms with Gasteiger partial charge in [0.15, 0.2) is 0 Å². The van der Waals surface area contributed by atoms with E-state index in [-0.39, 0.29) is 5.56 Å². The molecule has 0 aliphatic carbocycles. The van der Waals surface area contributed by atoms with Crippen LogP contribution in [0.4, 0.5) is 18.9 Å². The third kappa shape index (κ3) is 4.18. The maximum absolute atomic E-state index is 12.9. The van der Waals surface area contributed by atoms with E-state index in [1.165, 1.54) is 18.3 Å². The molecule has 0 fully saturated rings. The number of carbonyl (C=O) groups excluding carboxylic acids is 1.